The summed E-state index contributed by atoms with van der Waals surface area (Å²) in [6, 6.07) is 14.6. The number of hydrogen-bond donors (Lipinski definition) is 1. The molecule has 6 heteroatoms. The quantitative estimate of drug-likeness (QED) is 0.709. The van der Waals surface area contributed by atoms with Gasteiger partial charge in [-0.1, -0.05) is 31.2 Å². The Morgan fingerprint density at radius 3 is 2.57 bits per heavy atom. The number of ketones is 1. The summed E-state index contributed by atoms with van der Waals surface area (Å²) < 4.78 is 11.8. The van der Waals surface area contributed by atoms with Crippen LogP contribution < -0.4 is 14.8 Å². The van der Waals surface area contributed by atoms with Crippen molar-refractivity contribution in [3.05, 3.63) is 54.1 Å². The molecule has 1 unspecified atom stereocenters. The zero-order valence-corrected chi connectivity index (χ0v) is 16.3. The van der Waals surface area contributed by atoms with Crippen molar-refractivity contribution in [3.8, 4) is 11.5 Å². The number of hydrogen-bond acceptors (Lipinski definition) is 5. The molecule has 0 saturated carbocycles. The minimum Gasteiger partial charge on any atom is -0.486 e. The first-order valence-electron chi connectivity index (χ1n) is 9.57. The molecule has 6 nitrogen and oxygen atoms in total. The smallest absolute Gasteiger partial charge is 0.238 e. The van der Waals surface area contributed by atoms with Crippen molar-refractivity contribution in [1.82, 2.24) is 4.90 Å². The third-order valence-corrected chi connectivity index (χ3v) is 4.52. The second kappa shape index (κ2) is 9.37. The lowest BCUT2D eigenvalue weighted by Crippen LogP contribution is -2.44. The molecule has 0 bridgehead atoms. The van der Waals surface area contributed by atoms with Crippen molar-refractivity contribution in [1.29, 1.82) is 0 Å². The van der Waals surface area contributed by atoms with Crippen molar-refractivity contribution in [2.45, 2.75) is 26.4 Å². The van der Waals surface area contributed by atoms with E-state index in [1.54, 1.807) is 24.3 Å². The normalized spacial score (nSPS) is 15.3. The number of nitrogens with zero attached hydrogens (tertiary/aromatic N) is 1. The summed E-state index contributed by atoms with van der Waals surface area (Å²) in [6.45, 7) is 5.59. The second-order valence-electron chi connectivity index (χ2n) is 6.88. The van der Waals surface area contributed by atoms with Crippen LogP contribution in [0.3, 0.4) is 0 Å². The molecule has 0 aliphatic carbocycles. The van der Waals surface area contributed by atoms with Crippen LogP contribution in [0.2, 0.25) is 0 Å². The molecule has 28 heavy (non-hydrogen) atoms. The van der Waals surface area contributed by atoms with E-state index in [4.69, 9.17) is 9.47 Å². The maximum atomic E-state index is 12.6. The van der Waals surface area contributed by atoms with E-state index in [-0.39, 0.29) is 24.3 Å². The zero-order chi connectivity index (χ0) is 19.9. The molecule has 1 aliphatic heterocycles. The molecule has 0 spiro atoms. The van der Waals surface area contributed by atoms with Crippen molar-refractivity contribution >= 4 is 17.4 Å². The lowest BCUT2D eigenvalue weighted by molar-refractivity contribution is -0.117. The van der Waals surface area contributed by atoms with Crippen LogP contribution in [0.1, 0.15) is 30.6 Å². The fraction of sp³-hybridized carbons (Fsp3) is 0.364. The van der Waals surface area contributed by atoms with E-state index in [2.05, 4.69) is 12.2 Å². The summed E-state index contributed by atoms with van der Waals surface area (Å²) in [7, 11) is 0. The van der Waals surface area contributed by atoms with Crippen LogP contribution in [-0.4, -0.2) is 48.9 Å². The number of Topliss-reactive ketones (excluding diaryl/α,β-unsaturated/α-hetero) is 1. The number of rotatable bonds is 8. The average molecular weight is 382 g/mol. The van der Waals surface area contributed by atoms with Gasteiger partial charge in [-0.3, -0.25) is 14.5 Å². The van der Waals surface area contributed by atoms with E-state index in [9.17, 15) is 9.59 Å². The summed E-state index contributed by atoms with van der Waals surface area (Å²) in [5.41, 5.74) is 1.06. The van der Waals surface area contributed by atoms with E-state index >= 15 is 0 Å². The molecule has 0 saturated heterocycles. The van der Waals surface area contributed by atoms with Gasteiger partial charge in [0, 0.05) is 12.1 Å². The molecule has 0 radical (unpaired) electrons. The monoisotopic (exact) mass is 382 g/mol. The highest BCUT2D eigenvalue weighted by Gasteiger charge is 2.24. The van der Waals surface area contributed by atoms with Gasteiger partial charge in [-0.05, 0) is 44.2 Å². The van der Waals surface area contributed by atoms with Crippen molar-refractivity contribution in [2.24, 2.45) is 0 Å². The standard InChI is InChI=1S/C22H26N2O4/c1-3-12-24(13-17-15-27-20-10-6-7-11-21(20)28-17)14-22(26)23-19-9-5-4-8-18(19)16(2)25/h4-11,17H,3,12-15H2,1-2H3,(H,23,26). The van der Waals surface area contributed by atoms with Crippen LogP contribution in [0.4, 0.5) is 5.69 Å². The molecule has 2 aromatic rings. The first-order valence-corrected chi connectivity index (χ1v) is 9.57. The Bertz CT molecular complexity index is 837. The zero-order valence-electron chi connectivity index (χ0n) is 16.3. The maximum Gasteiger partial charge on any atom is 0.238 e. The van der Waals surface area contributed by atoms with Crippen LogP contribution in [-0.2, 0) is 4.79 Å². The number of fused-ring (bicyclic) bond motifs is 1. The van der Waals surface area contributed by atoms with Gasteiger partial charge in [-0.15, -0.1) is 0 Å². The summed E-state index contributed by atoms with van der Waals surface area (Å²) in [5, 5.41) is 2.86. The molecule has 1 heterocycles. The van der Waals surface area contributed by atoms with Gasteiger partial charge in [0.1, 0.15) is 12.7 Å². The first-order chi connectivity index (χ1) is 13.6. The number of amides is 1. The molecule has 2 aromatic carbocycles. The van der Waals surface area contributed by atoms with Gasteiger partial charge in [0.15, 0.2) is 17.3 Å². The van der Waals surface area contributed by atoms with Crippen molar-refractivity contribution in [3.63, 3.8) is 0 Å². The van der Waals surface area contributed by atoms with Crippen molar-refractivity contribution < 1.29 is 19.1 Å². The van der Waals surface area contributed by atoms with Crippen LogP contribution >= 0.6 is 0 Å². The highest BCUT2D eigenvalue weighted by atomic mass is 16.6. The number of carbonyl (C=O) groups is 2. The van der Waals surface area contributed by atoms with Crippen LogP contribution in [0.15, 0.2) is 48.5 Å². The molecular weight excluding hydrogens is 356 g/mol. The van der Waals surface area contributed by atoms with Gasteiger partial charge in [-0.2, -0.15) is 0 Å². The molecule has 148 valence electrons. The second-order valence-corrected chi connectivity index (χ2v) is 6.88. The number of nitrogens with one attached hydrogen (secondary N) is 1. The fourth-order valence-corrected chi connectivity index (χ4v) is 3.28. The minimum atomic E-state index is -0.153. The predicted molar refractivity (Wildman–Crippen MR) is 108 cm³/mol. The van der Waals surface area contributed by atoms with Crippen LogP contribution in [0.25, 0.3) is 0 Å². The minimum absolute atomic E-state index is 0.0762. The number of para-hydroxylation sites is 3. The van der Waals surface area contributed by atoms with Gasteiger partial charge < -0.3 is 14.8 Å². The highest BCUT2D eigenvalue weighted by Crippen LogP contribution is 2.31. The Morgan fingerprint density at radius 2 is 1.82 bits per heavy atom. The first kappa shape index (κ1) is 19.9. The lowest BCUT2D eigenvalue weighted by Gasteiger charge is -2.31. The number of ether oxygens (including phenoxy) is 2. The van der Waals surface area contributed by atoms with E-state index in [1.165, 1.54) is 6.92 Å². The predicted octanol–water partition coefficient (Wildman–Crippen LogP) is 3.38. The SMILES string of the molecule is CCCN(CC(=O)Nc1ccccc1C(C)=O)CC1COc2ccccc2O1. The Kier molecular flexibility index (Phi) is 6.66. The van der Waals surface area contributed by atoms with Crippen LogP contribution in [0, 0.1) is 0 Å². The molecule has 0 fully saturated rings. The third kappa shape index (κ3) is 5.10. The van der Waals surface area contributed by atoms with E-state index in [0.29, 0.717) is 24.4 Å². The molecule has 1 amide bonds. The molecule has 3 rings (SSSR count). The largest absolute Gasteiger partial charge is 0.486 e. The molecular formula is C22H26N2O4. The van der Waals surface area contributed by atoms with E-state index < -0.39 is 0 Å². The number of carbonyl (C=O) groups excluding carboxylic acids is 2. The lowest BCUT2D eigenvalue weighted by atomic mass is 10.1. The third-order valence-electron chi connectivity index (χ3n) is 4.52. The Morgan fingerprint density at radius 1 is 1.11 bits per heavy atom. The Labute approximate surface area is 165 Å². The Hall–Kier alpha value is -2.86. The van der Waals surface area contributed by atoms with Crippen molar-refractivity contribution in [2.75, 3.05) is 31.6 Å². The van der Waals surface area contributed by atoms with Gasteiger partial charge in [-0.25, -0.2) is 0 Å². The molecule has 0 aromatic heterocycles. The summed E-state index contributed by atoms with van der Waals surface area (Å²) in [6.07, 6.45) is 0.778. The summed E-state index contributed by atoms with van der Waals surface area (Å²) >= 11 is 0. The molecule has 1 aliphatic rings. The average Bonchev–Trinajstić information content (AvgIpc) is 2.68. The van der Waals surface area contributed by atoms with Gasteiger partial charge in [0.25, 0.3) is 0 Å². The maximum absolute atomic E-state index is 12.6. The molecule has 1 atom stereocenters. The van der Waals surface area contributed by atoms with E-state index in [1.807, 2.05) is 29.2 Å². The summed E-state index contributed by atoms with van der Waals surface area (Å²) in [5.74, 6) is 1.25. The Balaban J connectivity index is 1.60. The fourth-order valence-electron chi connectivity index (χ4n) is 3.28. The van der Waals surface area contributed by atoms with Gasteiger partial charge in [0.05, 0.1) is 12.2 Å². The highest BCUT2D eigenvalue weighted by molar-refractivity contribution is 6.04. The van der Waals surface area contributed by atoms with Gasteiger partial charge >= 0.3 is 0 Å². The van der Waals surface area contributed by atoms with Gasteiger partial charge in [0.2, 0.25) is 5.91 Å². The van der Waals surface area contributed by atoms with Crippen LogP contribution in [0.5, 0.6) is 11.5 Å². The molecule has 1 N–H and O–H groups in total. The topological polar surface area (TPSA) is 67.9 Å². The summed E-state index contributed by atoms with van der Waals surface area (Å²) in [4.78, 5) is 26.4. The number of benzene rings is 2. The number of anilines is 1. The van der Waals surface area contributed by atoms with E-state index in [0.717, 1.165) is 24.5 Å².